The predicted molar refractivity (Wildman–Crippen MR) is 313 cm³/mol. The first-order valence-corrected chi connectivity index (χ1v) is 25.4. The highest BCUT2D eigenvalue weighted by Crippen LogP contribution is 2.49. The van der Waals surface area contributed by atoms with Gasteiger partial charge in [0.05, 0.1) is 22.4 Å². The number of hydrogen-bond acceptors (Lipinski definition) is 5. The second-order valence-electron chi connectivity index (χ2n) is 18.8. The summed E-state index contributed by atoms with van der Waals surface area (Å²) in [7, 11) is 0. The number of aromatic nitrogens is 2. The lowest BCUT2D eigenvalue weighted by atomic mass is 9.99. The van der Waals surface area contributed by atoms with Gasteiger partial charge in [0, 0.05) is 67.2 Å². The van der Waals surface area contributed by atoms with E-state index in [1.54, 1.807) is 0 Å². The van der Waals surface area contributed by atoms with Gasteiger partial charge in [0.15, 0.2) is 5.58 Å². The average molecular weight is 962 g/mol. The summed E-state index contributed by atoms with van der Waals surface area (Å²) >= 11 is 0. The third-order valence-corrected chi connectivity index (χ3v) is 14.3. The quantitative estimate of drug-likeness (QED) is 0.121. The first-order valence-electron chi connectivity index (χ1n) is 25.4. The van der Waals surface area contributed by atoms with Gasteiger partial charge in [0.1, 0.15) is 5.52 Å². The Morgan fingerprint density at radius 2 is 0.813 bits per heavy atom. The molecular weight excluding hydrogens is 915 g/mol. The van der Waals surface area contributed by atoms with E-state index in [0.29, 0.717) is 5.89 Å². The molecule has 0 fully saturated rings. The molecule has 0 aliphatic carbocycles. The lowest BCUT2D eigenvalue weighted by Gasteiger charge is -2.31. The lowest BCUT2D eigenvalue weighted by molar-refractivity contribution is 0.620. The Hall–Kier alpha value is -10.2. The van der Waals surface area contributed by atoms with Crippen molar-refractivity contribution in [1.29, 1.82) is 0 Å². The van der Waals surface area contributed by atoms with Crippen molar-refractivity contribution in [1.82, 2.24) is 9.55 Å². The first-order chi connectivity index (χ1) is 37.2. The smallest absolute Gasteiger partial charge is 0.227 e. The van der Waals surface area contributed by atoms with E-state index in [1.807, 2.05) is 36.4 Å². The number of para-hydroxylation sites is 6. The normalized spacial score (nSPS) is 11.5. The number of fused-ring (bicyclic) bond motifs is 8. The fourth-order valence-corrected chi connectivity index (χ4v) is 11.0. The summed E-state index contributed by atoms with van der Waals surface area (Å²) in [4.78, 5) is 12.3. The fourth-order valence-electron chi connectivity index (χ4n) is 11.0. The van der Waals surface area contributed by atoms with Crippen molar-refractivity contribution >= 4 is 106 Å². The molecule has 0 unspecified atom stereocenters. The predicted octanol–water partition coefficient (Wildman–Crippen LogP) is 19.3. The van der Waals surface area contributed by atoms with Crippen molar-refractivity contribution in [3.05, 3.63) is 285 Å². The Morgan fingerprint density at radius 3 is 1.45 bits per heavy atom. The van der Waals surface area contributed by atoms with Crippen LogP contribution in [0, 0.1) is 0 Å². The molecule has 14 aromatic rings. The Balaban J connectivity index is 1.000. The van der Waals surface area contributed by atoms with Crippen molar-refractivity contribution in [3.63, 3.8) is 0 Å². The van der Waals surface area contributed by atoms with Crippen LogP contribution in [0.2, 0.25) is 0 Å². The van der Waals surface area contributed by atoms with Gasteiger partial charge < -0.3 is 23.7 Å². The molecule has 354 valence electrons. The van der Waals surface area contributed by atoms with Crippen LogP contribution in [-0.4, -0.2) is 9.55 Å². The summed E-state index contributed by atoms with van der Waals surface area (Å²) in [6, 6.07) is 101. The van der Waals surface area contributed by atoms with E-state index in [2.05, 4.69) is 268 Å². The Labute approximate surface area is 434 Å². The fraction of sp³-hybridized carbons (Fsp3) is 0. The molecule has 0 amide bonds. The van der Waals surface area contributed by atoms with E-state index in [0.717, 1.165) is 112 Å². The lowest BCUT2D eigenvalue weighted by Crippen LogP contribution is -2.15. The molecule has 0 spiro atoms. The van der Waals surface area contributed by atoms with E-state index >= 15 is 0 Å². The van der Waals surface area contributed by atoms with Crippen LogP contribution in [0.4, 0.5) is 51.2 Å². The number of oxazole rings is 1. The Morgan fingerprint density at radius 1 is 0.320 bits per heavy atom. The summed E-state index contributed by atoms with van der Waals surface area (Å²) in [6.07, 6.45) is 0. The van der Waals surface area contributed by atoms with E-state index in [4.69, 9.17) is 9.40 Å². The molecule has 2 aromatic heterocycles. The Kier molecular flexibility index (Phi) is 10.7. The monoisotopic (exact) mass is 961 g/mol. The molecule has 12 aromatic carbocycles. The van der Waals surface area contributed by atoms with Gasteiger partial charge >= 0.3 is 0 Å². The van der Waals surface area contributed by atoms with Crippen LogP contribution in [0.1, 0.15) is 0 Å². The molecule has 14 rings (SSSR count). The average Bonchev–Trinajstić information content (AvgIpc) is 4.12. The van der Waals surface area contributed by atoms with E-state index in [9.17, 15) is 0 Å². The second-order valence-corrected chi connectivity index (χ2v) is 18.8. The Bertz CT molecular complexity index is 4310. The zero-order valence-corrected chi connectivity index (χ0v) is 40.8. The molecule has 0 bridgehead atoms. The van der Waals surface area contributed by atoms with Crippen molar-refractivity contribution < 1.29 is 4.42 Å². The second kappa shape index (κ2) is 18.5. The number of rotatable bonds is 11. The number of hydrogen-bond donors (Lipinski definition) is 0. The van der Waals surface area contributed by atoms with Gasteiger partial charge in [0.25, 0.3) is 0 Å². The number of anilines is 9. The summed E-state index contributed by atoms with van der Waals surface area (Å²) in [5, 5.41) is 6.72. The summed E-state index contributed by atoms with van der Waals surface area (Å²) in [5.74, 6) is 0.609. The number of nitrogens with zero attached hydrogens (tertiary/aromatic N) is 5. The maximum atomic E-state index is 6.44. The maximum absolute atomic E-state index is 6.44. The van der Waals surface area contributed by atoms with Gasteiger partial charge in [-0.2, -0.15) is 0 Å². The standard InChI is InChI=1S/C69H47N5O/c1-7-22-50(23-8-1)69-70-68-65(75-69)43-41-49-39-38-48-40-42-58(45-61(48)66(49)68)71(51-24-9-2-10-25-51)56-34-21-35-57(44-56)72(52-26-11-3-12-27-52)59-46-63(73(53-28-13-4-14-29-53)54-30-15-5-16-31-54)67-60-36-19-20-37-62(60)74(64(67)47-59)55-32-17-6-18-33-55/h1-47H. The van der Waals surface area contributed by atoms with Crippen LogP contribution in [0.15, 0.2) is 290 Å². The third-order valence-electron chi connectivity index (χ3n) is 14.3. The van der Waals surface area contributed by atoms with Crippen molar-refractivity contribution in [2.24, 2.45) is 0 Å². The van der Waals surface area contributed by atoms with Gasteiger partial charge in [-0.1, -0.05) is 158 Å². The minimum atomic E-state index is 0.609. The molecule has 0 N–H and O–H groups in total. The summed E-state index contributed by atoms with van der Waals surface area (Å²) in [6.45, 7) is 0. The molecule has 6 nitrogen and oxygen atoms in total. The molecule has 0 aliphatic heterocycles. The van der Waals surface area contributed by atoms with Crippen LogP contribution >= 0.6 is 0 Å². The van der Waals surface area contributed by atoms with Gasteiger partial charge in [0.2, 0.25) is 5.89 Å². The highest BCUT2D eigenvalue weighted by atomic mass is 16.3. The minimum Gasteiger partial charge on any atom is -0.436 e. The van der Waals surface area contributed by atoms with E-state index < -0.39 is 0 Å². The first kappa shape index (κ1) is 43.6. The van der Waals surface area contributed by atoms with E-state index in [-0.39, 0.29) is 0 Å². The molecule has 0 saturated heterocycles. The molecule has 0 saturated carbocycles. The maximum Gasteiger partial charge on any atom is 0.227 e. The zero-order chi connectivity index (χ0) is 49.7. The van der Waals surface area contributed by atoms with Gasteiger partial charge in [-0.3, -0.25) is 0 Å². The number of benzene rings is 12. The van der Waals surface area contributed by atoms with Gasteiger partial charge in [-0.05, 0) is 144 Å². The molecule has 0 aliphatic rings. The van der Waals surface area contributed by atoms with Crippen LogP contribution in [0.3, 0.4) is 0 Å². The molecule has 0 radical (unpaired) electrons. The summed E-state index contributed by atoms with van der Waals surface area (Å²) in [5.41, 5.74) is 15.2. The molecule has 2 heterocycles. The third kappa shape index (κ3) is 7.72. The highest BCUT2D eigenvalue weighted by molar-refractivity contribution is 6.20. The van der Waals surface area contributed by atoms with Crippen LogP contribution in [-0.2, 0) is 0 Å². The van der Waals surface area contributed by atoms with Crippen LogP contribution in [0.25, 0.3) is 71.6 Å². The van der Waals surface area contributed by atoms with Crippen LogP contribution < -0.4 is 14.7 Å². The van der Waals surface area contributed by atoms with Crippen molar-refractivity contribution in [3.8, 4) is 17.1 Å². The molecular formula is C69H47N5O. The minimum absolute atomic E-state index is 0.609. The molecule has 75 heavy (non-hydrogen) atoms. The summed E-state index contributed by atoms with van der Waals surface area (Å²) < 4.78 is 8.86. The zero-order valence-electron chi connectivity index (χ0n) is 40.8. The van der Waals surface area contributed by atoms with E-state index in [1.165, 1.54) is 5.39 Å². The largest absolute Gasteiger partial charge is 0.436 e. The SMILES string of the molecule is c1ccc(-c2nc3c(ccc4ccc5ccc(N(c6ccccc6)c6cccc(N(c7ccccc7)c7cc(N(c8ccccc8)c8ccccc8)c8c9ccccc9n(-c9ccccc9)c8c7)c6)cc5c43)o2)cc1. The van der Waals surface area contributed by atoms with Gasteiger partial charge in [-0.15, -0.1) is 0 Å². The van der Waals surface area contributed by atoms with Crippen LogP contribution in [0.5, 0.6) is 0 Å². The molecule has 0 atom stereocenters. The van der Waals surface area contributed by atoms with Gasteiger partial charge in [-0.25, -0.2) is 4.98 Å². The topological polar surface area (TPSA) is 40.7 Å². The molecule has 6 heteroatoms. The van der Waals surface area contributed by atoms with Crippen molar-refractivity contribution in [2.75, 3.05) is 14.7 Å². The van der Waals surface area contributed by atoms with Crippen molar-refractivity contribution in [2.45, 2.75) is 0 Å². The highest BCUT2D eigenvalue weighted by Gasteiger charge is 2.26.